The van der Waals surface area contributed by atoms with Gasteiger partial charge in [-0.25, -0.2) is 13.8 Å². The van der Waals surface area contributed by atoms with Crippen LogP contribution < -0.4 is 5.32 Å². The molecular weight excluding hydrogens is 202 g/mol. The average Bonchev–Trinajstić information content (AvgIpc) is 2.25. The number of hydrogen-bond donors (Lipinski definition) is 1. The summed E-state index contributed by atoms with van der Waals surface area (Å²) < 4.78 is 23.8. The van der Waals surface area contributed by atoms with Crippen molar-refractivity contribution in [2.45, 2.75) is 33.1 Å². The van der Waals surface area contributed by atoms with Crippen molar-refractivity contribution >= 4 is 5.95 Å². The van der Waals surface area contributed by atoms with Crippen LogP contribution in [-0.4, -0.2) is 28.2 Å². The average molecular weight is 216 g/mol. The van der Waals surface area contributed by atoms with E-state index in [4.69, 9.17) is 0 Å². The zero-order valence-electron chi connectivity index (χ0n) is 8.80. The number of hydrogen-bond acceptors (Lipinski definition) is 4. The lowest BCUT2D eigenvalue weighted by Crippen LogP contribution is -2.15. The van der Waals surface area contributed by atoms with Crippen molar-refractivity contribution < 1.29 is 8.78 Å². The Morgan fingerprint density at radius 1 is 1.13 bits per heavy atom. The van der Waals surface area contributed by atoms with Crippen molar-refractivity contribution in [3.05, 3.63) is 11.4 Å². The Morgan fingerprint density at radius 2 is 1.80 bits per heavy atom. The molecule has 0 spiro atoms. The van der Waals surface area contributed by atoms with Gasteiger partial charge in [0.1, 0.15) is 0 Å². The molecule has 0 aromatic carbocycles. The number of halogens is 2. The molecule has 0 amide bonds. The molecule has 0 aliphatic carbocycles. The van der Waals surface area contributed by atoms with Crippen molar-refractivity contribution in [1.29, 1.82) is 0 Å². The van der Waals surface area contributed by atoms with Gasteiger partial charge in [0.25, 0.3) is 6.43 Å². The van der Waals surface area contributed by atoms with Crippen molar-refractivity contribution in [3.8, 4) is 0 Å². The first-order valence-corrected chi connectivity index (χ1v) is 4.91. The predicted molar refractivity (Wildman–Crippen MR) is 53.1 cm³/mol. The second kappa shape index (κ2) is 5.53. The zero-order chi connectivity index (χ0) is 11.3. The van der Waals surface area contributed by atoms with Crippen LogP contribution in [0.4, 0.5) is 14.7 Å². The molecule has 0 bridgehead atoms. The van der Waals surface area contributed by atoms with Crippen LogP contribution in [0.2, 0.25) is 0 Å². The van der Waals surface area contributed by atoms with E-state index in [2.05, 4.69) is 20.5 Å². The smallest absolute Gasteiger partial charge is 0.255 e. The van der Waals surface area contributed by atoms with Crippen molar-refractivity contribution in [2.24, 2.45) is 0 Å². The third kappa shape index (κ3) is 3.38. The van der Waals surface area contributed by atoms with E-state index in [9.17, 15) is 8.78 Å². The quantitative estimate of drug-likeness (QED) is 0.813. The summed E-state index contributed by atoms with van der Waals surface area (Å²) in [4.78, 5) is 4.12. The summed E-state index contributed by atoms with van der Waals surface area (Å²) in [6.45, 7) is 3.45. The maximum Gasteiger partial charge on any atom is 0.255 e. The molecule has 1 heterocycles. The molecule has 0 saturated heterocycles. The second-order valence-corrected chi connectivity index (χ2v) is 3.01. The number of alkyl halides is 2. The van der Waals surface area contributed by atoms with E-state index in [1.807, 2.05) is 13.8 Å². The summed E-state index contributed by atoms with van der Waals surface area (Å²) >= 11 is 0. The first-order chi connectivity index (χ1) is 7.17. The highest BCUT2D eigenvalue weighted by atomic mass is 19.3. The van der Waals surface area contributed by atoms with Crippen molar-refractivity contribution in [2.75, 3.05) is 11.9 Å². The third-order valence-electron chi connectivity index (χ3n) is 1.92. The molecule has 0 aliphatic heterocycles. The molecule has 0 unspecified atom stereocenters. The normalized spacial score (nSPS) is 10.7. The molecule has 6 heteroatoms. The third-order valence-corrected chi connectivity index (χ3v) is 1.92. The molecule has 4 nitrogen and oxygen atoms in total. The summed E-state index contributed by atoms with van der Waals surface area (Å²) in [5, 5.41) is 10.1. The van der Waals surface area contributed by atoms with E-state index < -0.39 is 13.0 Å². The van der Waals surface area contributed by atoms with E-state index >= 15 is 0 Å². The Labute approximate surface area is 87.1 Å². The fourth-order valence-electron chi connectivity index (χ4n) is 1.18. The SMILES string of the molecule is CCc1nnc(NCC(F)F)nc1CC. The van der Waals surface area contributed by atoms with Crippen LogP contribution in [0, 0.1) is 0 Å². The van der Waals surface area contributed by atoms with E-state index in [0.29, 0.717) is 0 Å². The largest absolute Gasteiger partial charge is 0.347 e. The molecule has 1 aromatic rings. The van der Waals surface area contributed by atoms with E-state index in [-0.39, 0.29) is 5.95 Å². The lowest BCUT2D eigenvalue weighted by molar-refractivity contribution is 0.163. The number of rotatable bonds is 5. The number of aryl methyl sites for hydroxylation is 2. The predicted octanol–water partition coefficient (Wildman–Crippen LogP) is 1.67. The van der Waals surface area contributed by atoms with Crippen LogP contribution in [0.1, 0.15) is 25.2 Å². The maximum atomic E-state index is 11.9. The summed E-state index contributed by atoms with van der Waals surface area (Å²) in [7, 11) is 0. The molecule has 1 aromatic heterocycles. The van der Waals surface area contributed by atoms with Gasteiger partial charge in [0.05, 0.1) is 17.9 Å². The van der Waals surface area contributed by atoms with Gasteiger partial charge in [-0.1, -0.05) is 13.8 Å². The van der Waals surface area contributed by atoms with E-state index in [0.717, 1.165) is 24.2 Å². The minimum Gasteiger partial charge on any atom is -0.347 e. The Bertz CT molecular complexity index is 317. The van der Waals surface area contributed by atoms with Crippen LogP contribution in [0.3, 0.4) is 0 Å². The molecule has 0 aliphatic rings. The topological polar surface area (TPSA) is 50.7 Å². The number of anilines is 1. The highest BCUT2D eigenvalue weighted by molar-refractivity contribution is 5.25. The molecule has 0 saturated carbocycles. The lowest BCUT2D eigenvalue weighted by Gasteiger charge is -2.06. The fourth-order valence-corrected chi connectivity index (χ4v) is 1.18. The van der Waals surface area contributed by atoms with Crippen LogP contribution in [-0.2, 0) is 12.8 Å². The van der Waals surface area contributed by atoms with Crippen LogP contribution in [0.25, 0.3) is 0 Å². The highest BCUT2D eigenvalue weighted by Gasteiger charge is 2.07. The second-order valence-electron chi connectivity index (χ2n) is 3.01. The molecule has 0 radical (unpaired) electrons. The Kier molecular flexibility index (Phi) is 4.33. The monoisotopic (exact) mass is 216 g/mol. The van der Waals surface area contributed by atoms with Crippen molar-refractivity contribution in [3.63, 3.8) is 0 Å². The van der Waals surface area contributed by atoms with E-state index in [1.165, 1.54) is 0 Å². The van der Waals surface area contributed by atoms with Gasteiger partial charge >= 0.3 is 0 Å². The minimum atomic E-state index is -2.41. The van der Waals surface area contributed by atoms with Gasteiger partial charge in [-0.15, -0.1) is 5.10 Å². The molecular formula is C9H14F2N4. The van der Waals surface area contributed by atoms with Gasteiger partial charge < -0.3 is 5.32 Å². The van der Waals surface area contributed by atoms with Crippen LogP contribution >= 0.6 is 0 Å². The molecule has 0 fully saturated rings. The van der Waals surface area contributed by atoms with Gasteiger partial charge in [0.15, 0.2) is 0 Å². The molecule has 1 rings (SSSR count). The zero-order valence-corrected chi connectivity index (χ0v) is 8.80. The molecule has 84 valence electrons. The summed E-state index contributed by atoms with van der Waals surface area (Å²) in [5.74, 6) is 0.171. The minimum absolute atomic E-state index is 0.171. The molecule has 1 N–H and O–H groups in total. The number of nitrogens with one attached hydrogen (secondary N) is 1. The summed E-state index contributed by atoms with van der Waals surface area (Å²) in [6, 6.07) is 0. The Morgan fingerprint density at radius 3 is 2.33 bits per heavy atom. The molecule has 15 heavy (non-hydrogen) atoms. The van der Waals surface area contributed by atoms with Gasteiger partial charge in [0, 0.05) is 0 Å². The summed E-state index contributed by atoms with van der Waals surface area (Å²) in [5.41, 5.74) is 1.63. The lowest BCUT2D eigenvalue weighted by atomic mass is 10.2. The first kappa shape index (κ1) is 11.7. The van der Waals surface area contributed by atoms with Gasteiger partial charge in [-0.05, 0) is 12.8 Å². The molecule has 0 atom stereocenters. The Hall–Kier alpha value is -1.33. The number of nitrogens with zero attached hydrogens (tertiary/aromatic N) is 3. The Balaban J connectivity index is 2.74. The maximum absolute atomic E-state index is 11.9. The highest BCUT2D eigenvalue weighted by Crippen LogP contribution is 2.07. The summed E-state index contributed by atoms with van der Waals surface area (Å²) in [6.07, 6.45) is -0.940. The first-order valence-electron chi connectivity index (χ1n) is 4.91. The van der Waals surface area contributed by atoms with Gasteiger partial charge in [-0.2, -0.15) is 5.10 Å². The van der Waals surface area contributed by atoms with Crippen LogP contribution in [0.15, 0.2) is 0 Å². The number of aromatic nitrogens is 3. The van der Waals surface area contributed by atoms with Crippen LogP contribution in [0.5, 0.6) is 0 Å². The van der Waals surface area contributed by atoms with Crippen molar-refractivity contribution in [1.82, 2.24) is 15.2 Å². The van der Waals surface area contributed by atoms with Gasteiger partial charge in [-0.3, -0.25) is 0 Å². The fraction of sp³-hybridized carbons (Fsp3) is 0.667. The van der Waals surface area contributed by atoms with E-state index in [1.54, 1.807) is 0 Å². The standard InChI is InChI=1S/C9H14F2N4/c1-3-6-7(4-2)14-15-9(13-6)12-5-8(10)11/h8H,3-5H2,1-2H3,(H,12,13,15). The van der Waals surface area contributed by atoms with Gasteiger partial charge in [0.2, 0.25) is 5.95 Å².